The number of anilines is 1. The lowest BCUT2D eigenvalue weighted by atomic mass is 10.2. The molecule has 0 unspecified atom stereocenters. The first-order chi connectivity index (χ1) is 14.2. The molecule has 29 heavy (non-hydrogen) atoms. The van der Waals surface area contributed by atoms with Gasteiger partial charge in [-0.1, -0.05) is 18.2 Å². The zero-order valence-corrected chi connectivity index (χ0v) is 16.2. The highest BCUT2D eigenvalue weighted by molar-refractivity contribution is 5.92. The van der Waals surface area contributed by atoms with Crippen LogP contribution >= 0.6 is 0 Å². The Morgan fingerprint density at radius 1 is 0.931 bits per heavy atom. The van der Waals surface area contributed by atoms with Gasteiger partial charge in [0.25, 0.3) is 5.91 Å². The average Bonchev–Trinajstić information content (AvgIpc) is 3.26. The molecule has 1 aliphatic heterocycles. The maximum absolute atomic E-state index is 13.0. The molecule has 1 aromatic heterocycles. The molecule has 6 nitrogen and oxygen atoms in total. The summed E-state index contributed by atoms with van der Waals surface area (Å²) in [6, 6.07) is 18.1. The molecule has 2 heterocycles. The lowest BCUT2D eigenvalue weighted by molar-refractivity contribution is 0.0942. The maximum Gasteiger partial charge on any atom is 0.271 e. The van der Waals surface area contributed by atoms with Crippen LogP contribution in [0.3, 0.4) is 0 Å². The van der Waals surface area contributed by atoms with Crippen molar-refractivity contribution < 1.29 is 9.18 Å². The summed E-state index contributed by atoms with van der Waals surface area (Å²) in [6.45, 7) is 5.31. The molecule has 4 rings (SSSR count). The van der Waals surface area contributed by atoms with Crippen molar-refractivity contribution in [1.82, 2.24) is 20.0 Å². The second kappa shape index (κ2) is 8.87. The fourth-order valence-corrected chi connectivity index (χ4v) is 3.47. The molecular weight excluding hydrogens is 369 g/mol. The number of carbonyl (C=O) groups excluding carboxylic acids is 1. The zero-order valence-electron chi connectivity index (χ0n) is 16.2. The van der Waals surface area contributed by atoms with E-state index in [4.69, 9.17) is 0 Å². The number of amides is 1. The highest BCUT2D eigenvalue weighted by atomic mass is 19.1. The molecule has 1 saturated heterocycles. The molecule has 0 radical (unpaired) electrons. The van der Waals surface area contributed by atoms with E-state index in [1.54, 1.807) is 29.1 Å². The average molecular weight is 393 g/mol. The predicted molar refractivity (Wildman–Crippen MR) is 111 cm³/mol. The third-order valence-electron chi connectivity index (χ3n) is 5.12. The lowest BCUT2D eigenvalue weighted by Gasteiger charge is -2.36. The molecule has 1 amide bonds. The van der Waals surface area contributed by atoms with Crippen LogP contribution in [0.1, 0.15) is 10.5 Å². The second-order valence-corrected chi connectivity index (χ2v) is 7.04. The van der Waals surface area contributed by atoms with Crippen molar-refractivity contribution >= 4 is 11.6 Å². The monoisotopic (exact) mass is 393 g/mol. The quantitative estimate of drug-likeness (QED) is 0.699. The smallest absolute Gasteiger partial charge is 0.271 e. The molecule has 1 aliphatic rings. The number of piperazine rings is 1. The van der Waals surface area contributed by atoms with Crippen LogP contribution in [-0.2, 0) is 0 Å². The summed E-state index contributed by atoms with van der Waals surface area (Å²) in [7, 11) is 0. The van der Waals surface area contributed by atoms with Crippen LogP contribution in [0.5, 0.6) is 0 Å². The highest BCUT2D eigenvalue weighted by Crippen LogP contribution is 2.15. The second-order valence-electron chi connectivity index (χ2n) is 7.04. The van der Waals surface area contributed by atoms with Gasteiger partial charge < -0.3 is 10.2 Å². The maximum atomic E-state index is 13.0. The van der Waals surface area contributed by atoms with E-state index < -0.39 is 0 Å². The standard InChI is InChI=1S/C22H24FN5O/c23-18-6-8-20(9-7-18)28-12-10-21(25-28)22(29)24-11-13-26-14-16-27(17-15-26)19-4-2-1-3-5-19/h1-10,12H,11,13-17H2,(H,24,29). The van der Waals surface area contributed by atoms with Gasteiger partial charge in [0.2, 0.25) is 0 Å². The van der Waals surface area contributed by atoms with Crippen LogP contribution in [0.15, 0.2) is 66.9 Å². The van der Waals surface area contributed by atoms with Crippen molar-refractivity contribution in [3.05, 3.63) is 78.4 Å². The molecule has 150 valence electrons. The Kier molecular flexibility index (Phi) is 5.86. The number of benzene rings is 2. The number of aromatic nitrogens is 2. The molecule has 1 fully saturated rings. The van der Waals surface area contributed by atoms with E-state index in [0.29, 0.717) is 17.9 Å². The van der Waals surface area contributed by atoms with E-state index in [0.717, 1.165) is 32.7 Å². The molecule has 0 aliphatic carbocycles. The minimum atomic E-state index is -0.302. The van der Waals surface area contributed by atoms with Gasteiger partial charge in [-0.2, -0.15) is 5.10 Å². The van der Waals surface area contributed by atoms with E-state index in [-0.39, 0.29) is 11.7 Å². The minimum absolute atomic E-state index is 0.200. The highest BCUT2D eigenvalue weighted by Gasteiger charge is 2.17. The van der Waals surface area contributed by atoms with Crippen LogP contribution in [0, 0.1) is 5.82 Å². The number of hydrogen-bond donors (Lipinski definition) is 1. The van der Waals surface area contributed by atoms with Gasteiger partial charge in [-0.25, -0.2) is 9.07 Å². The molecule has 0 spiro atoms. The van der Waals surface area contributed by atoms with E-state index in [1.165, 1.54) is 17.8 Å². The fourth-order valence-electron chi connectivity index (χ4n) is 3.47. The number of halogens is 1. The topological polar surface area (TPSA) is 53.4 Å². The van der Waals surface area contributed by atoms with Gasteiger partial charge in [0.15, 0.2) is 5.69 Å². The molecule has 3 aromatic rings. The molecule has 0 atom stereocenters. The summed E-state index contributed by atoms with van der Waals surface area (Å²) in [5.41, 5.74) is 2.32. The summed E-state index contributed by atoms with van der Waals surface area (Å²) < 4.78 is 14.6. The van der Waals surface area contributed by atoms with Gasteiger partial charge >= 0.3 is 0 Å². The summed E-state index contributed by atoms with van der Waals surface area (Å²) >= 11 is 0. The van der Waals surface area contributed by atoms with Gasteiger partial charge in [0.05, 0.1) is 5.69 Å². The van der Waals surface area contributed by atoms with Crippen LogP contribution in [0.4, 0.5) is 10.1 Å². The van der Waals surface area contributed by atoms with E-state index in [9.17, 15) is 9.18 Å². The SMILES string of the molecule is O=C(NCCN1CCN(c2ccccc2)CC1)c1ccn(-c2ccc(F)cc2)n1. The summed E-state index contributed by atoms with van der Waals surface area (Å²) in [5.74, 6) is -0.503. The molecular formula is C22H24FN5O. The van der Waals surface area contributed by atoms with Gasteiger partial charge in [-0.05, 0) is 42.5 Å². The van der Waals surface area contributed by atoms with Crippen LogP contribution in [0.25, 0.3) is 5.69 Å². The zero-order chi connectivity index (χ0) is 20.1. The number of nitrogens with zero attached hydrogens (tertiary/aromatic N) is 4. The van der Waals surface area contributed by atoms with Gasteiger partial charge in [0, 0.05) is 51.2 Å². The van der Waals surface area contributed by atoms with Crippen molar-refractivity contribution in [2.75, 3.05) is 44.2 Å². The summed E-state index contributed by atoms with van der Waals surface area (Å²) in [6.07, 6.45) is 1.70. The van der Waals surface area contributed by atoms with Crippen molar-refractivity contribution in [3.8, 4) is 5.69 Å². The number of hydrogen-bond acceptors (Lipinski definition) is 4. The van der Waals surface area contributed by atoms with Crippen molar-refractivity contribution in [1.29, 1.82) is 0 Å². The van der Waals surface area contributed by atoms with Crippen LogP contribution in [-0.4, -0.2) is 59.9 Å². The number of carbonyl (C=O) groups is 1. The molecule has 0 bridgehead atoms. The van der Waals surface area contributed by atoms with Crippen LogP contribution < -0.4 is 10.2 Å². The Labute approximate surface area is 169 Å². The van der Waals surface area contributed by atoms with Crippen LogP contribution in [0.2, 0.25) is 0 Å². The number of para-hydroxylation sites is 1. The van der Waals surface area contributed by atoms with E-state index >= 15 is 0 Å². The van der Waals surface area contributed by atoms with Crippen molar-refractivity contribution in [2.45, 2.75) is 0 Å². The number of rotatable bonds is 6. The Hall–Kier alpha value is -3.19. The summed E-state index contributed by atoms with van der Waals surface area (Å²) in [5, 5.41) is 7.21. The third-order valence-corrected chi connectivity index (χ3v) is 5.12. The van der Waals surface area contributed by atoms with Gasteiger partial charge in [-0.3, -0.25) is 9.69 Å². The molecule has 2 aromatic carbocycles. The Morgan fingerprint density at radius 2 is 1.66 bits per heavy atom. The largest absolute Gasteiger partial charge is 0.369 e. The molecule has 0 saturated carbocycles. The Morgan fingerprint density at radius 3 is 2.38 bits per heavy atom. The van der Waals surface area contributed by atoms with Gasteiger partial charge in [-0.15, -0.1) is 0 Å². The summed E-state index contributed by atoms with van der Waals surface area (Å²) in [4.78, 5) is 17.1. The normalized spacial score (nSPS) is 14.7. The van der Waals surface area contributed by atoms with E-state index in [2.05, 4.69) is 44.5 Å². The minimum Gasteiger partial charge on any atom is -0.369 e. The first-order valence-corrected chi connectivity index (χ1v) is 9.81. The first kappa shape index (κ1) is 19.1. The van der Waals surface area contributed by atoms with Crippen molar-refractivity contribution in [3.63, 3.8) is 0 Å². The Balaban J connectivity index is 1.22. The van der Waals surface area contributed by atoms with Crippen molar-refractivity contribution in [2.24, 2.45) is 0 Å². The molecule has 7 heteroatoms. The fraction of sp³-hybridized carbons (Fsp3) is 0.273. The number of nitrogens with one attached hydrogen (secondary N) is 1. The first-order valence-electron chi connectivity index (χ1n) is 9.81. The Bertz CT molecular complexity index is 933. The third kappa shape index (κ3) is 4.81. The lowest BCUT2D eigenvalue weighted by Crippen LogP contribution is -2.48. The predicted octanol–water partition coefficient (Wildman–Crippen LogP) is 2.56. The van der Waals surface area contributed by atoms with E-state index in [1.807, 2.05) is 6.07 Å². The molecule has 1 N–H and O–H groups in total. The van der Waals surface area contributed by atoms with Gasteiger partial charge in [0.1, 0.15) is 5.82 Å².